The van der Waals surface area contributed by atoms with Crippen molar-refractivity contribution in [2.24, 2.45) is 10.7 Å². The third-order valence-electron chi connectivity index (χ3n) is 11.0. The van der Waals surface area contributed by atoms with Crippen molar-refractivity contribution < 1.29 is 0 Å². The van der Waals surface area contributed by atoms with E-state index in [9.17, 15) is 0 Å². The molecule has 0 unspecified atom stereocenters. The van der Waals surface area contributed by atoms with Crippen LogP contribution in [0.5, 0.6) is 0 Å². The lowest BCUT2D eigenvalue weighted by atomic mass is 10.0. The first-order chi connectivity index (χ1) is 28.2. The smallest absolute Gasteiger partial charge is 0.136 e. The first kappa shape index (κ1) is 33.1. The third-order valence-corrected chi connectivity index (χ3v) is 12.2. The van der Waals surface area contributed by atoms with E-state index in [4.69, 9.17) is 15.7 Å². The average Bonchev–Trinajstić information content (AvgIpc) is 3.92. The first-order valence-corrected chi connectivity index (χ1v) is 20.0. The largest absolute Gasteiger partial charge is 0.383 e. The number of fused-ring (bicyclic) bond motifs is 9. The standard InChI is InChI=1S/C51H35N5S/c52-51(34-14-5-2-6-15-34)54-49(28-21-33-12-3-1-4-13-33)56-44-19-10-7-16-38(44)40-25-22-36(31-46(40)56)35-23-26-45-41(30-35)39-17-8-9-18-43(39)55(45)37-24-27-47-42(32-37)50-48(57-47)20-11-29-53-50/h1-20,22-32H,21H2,(H2,52,54)/b49-28+. The van der Waals surface area contributed by atoms with Crippen molar-refractivity contribution in [3.05, 3.63) is 199 Å². The van der Waals surface area contributed by atoms with Crippen LogP contribution in [0.25, 0.3) is 86.5 Å². The summed E-state index contributed by atoms with van der Waals surface area (Å²) in [5, 5.41) is 5.95. The summed E-state index contributed by atoms with van der Waals surface area (Å²) in [6.45, 7) is 0. The maximum absolute atomic E-state index is 6.76. The van der Waals surface area contributed by atoms with Crippen LogP contribution in [0.15, 0.2) is 193 Å². The number of para-hydroxylation sites is 2. The zero-order valence-corrected chi connectivity index (χ0v) is 31.7. The summed E-state index contributed by atoms with van der Waals surface area (Å²) in [4.78, 5) is 9.91. The van der Waals surface area contributed by atoms with Gasteiger partial charge in [-0.3, -0.25) is 9.55 Å². The van der Waals surface area contributed by atoms with Crippen LogP contribution < -0.4 is 5.73 Å². The van der Waals surface area contributed by atoms with Gasteiger partial charge in [0.1, 0.15) is 11.7 Å². The predicted octanol–water partition coefficient (Wildman–Crippen LogP) is 12.8. The number of hydrogen-bond acceptors (Lipinski definition) is 3. The summed E-state index contributed by atoms with van der Waals surface area (Å²) in [5.74, 6) is 1.26. The van der Waals surface area contributed by atoms with Gasteiger partial charge in [-0.1, -0.05) is 115 Å². The topological polar surface area (TPSA) is 61.1 Å². The fraction of sp³-hybridized carbons (Fsp3) is 0.0196. The molecule has 0 fully saturated rings. The van der Waals surface area contributed by atoms with Crippen LogP contribution in [0.2, 0.25) is 0 Å². The highest BCUT2D eigenvalue weighted by Crippen LogP contribution is 2.40. The Balaban J connectivity index is 1.09. The van der Waals surface area contributed by atoms with Gasteiger partial charge < -0.3 is 10.3 Å². The molecule has 0 atom stereocenters. The second-order valence-electron chi connectivity index (χ2n) is 14.4. The van der Waals surface area contributed by atoms with Crippen molar-refractivity contribution in [2.75, 3.05) is 0 Å². The van der Waals surface area contributed by atoms with Crippen LogP contribution in [0.3, 0.4) is 0 Å². The summed E-state index contributed by atoms with van der Waals surface area (Å²) in [5.41, 5.74) is 17.8. The van der Waals surface area contributed by atoms with Gasteiger partial charge in [0, 0.05) is 49.1 Å². The Bertz CT molecular complexity index is 3390. The Morgan fingerprint density at radius 1 is 0.561 bits per heavy atom. The number of nitrogens with zero attached hydrogens (tertiary/aromatic N) is 4. The number of aliphatic imine (C=N–C) groups is 1. The molecule has 0 aliphatic heterocycles. The molecule has 11 rings (SSSR count). The summed E-state index contributed by atoms with van der Waals surface area (Å²) in [7, 11) is 0. The van der Waals surface area contributed by atoms with Crippen molar-refractivity contribution in [3.63, 3.8) is 0 Å². The molecule has 0 radical (unpaired) electrons. The predicted molar refractivity (Wildman–Crippen MR) is 241 cm³/mol. The fourth-order valence-electron chi connectivity index (χ4n) is 8.36. The minimum absolute atomic E-state index is 0.474. The minimum Gasteiger partial charge on any atom is -0.383 e. The molecule has 0 saturated heterocycles. The summed E-state index contributed by atoms with van der Waals surface area (Å²) < 4.78 is 7.11. The molecule has 0 bridgehead atoms. The van der Waals surface area contributed by atoms with Gasteiger partial charge in [-0.15, -0.1) is 11.3 Å². The monoisotopic (exact) mass is 749 g/mol. The Labute approximate surface area is 332 Å². The Morgan fingerprint density at radius 3 is 2.09 bits per heavy atom. The van der Waals surface area contributed by atoms with Crippen molar-refractivity contribution in [1.29, 1.82) is 0 Å². The first-order valence-electron chi connectivity index (χ1n) is 19.2. The normalized spacial score (nSPS) is 12.6. The molecule has 270 valence electrons. The Morgan fingerprint density at radius 2 is 1.25 bits per heavy atom. The molecule has 7 aromatic carbocycles. The maximum Gasteiger partial charge on any atom is 0.136 e. The summed E-state index contributed by atoms with van der Waals surface area (Å²) >= 11 is 1.79. The molecular formula is C51H35N5S. The molecule has 0 saturated carbocycles. The molecular weight excluding hydrogens is 715 g/mol. The number of benzene rings is 7. The van der Waals surface area contributed by atoms with Gasteiger partial charge in [0.05, 0.1) is 32.3 Å². The SMILES string of the molecule is N/C(=N\C(=C/Cc1ccccc1)n1c2ccccc2c2ccc(-c3ccc4c(c3)c3ccccc3n4-c3ccc4sc5cccnc5c4c3)cc21)c1ccccc1. The number of nitrogens with two attached hydrogens (primary N) is 1. The second kappa shape index (κ2) is 13.5. The van der Waals surface area contributed by atoms with Crippen molar-refractivity contribution in [3.8, 4) is 16.8 Å². The molecule has 4 heterocycles. The van der Waals surface area contributed by atoms with Crippen LogP contribution in [0.4, 0.5) is 0 Å². The number of thiophene rings is 1. The molecule has 0 amide bonds. The zero-order chi connectivity index (χ0) is 37.9. The van der Waals surface area contributed by atoms with E-state index in [-0.39, 0.29) is 0 Å². The quantitative estimate of drug-likeness (QED) is 0.130. The lowest BCUT2D eigenvalue weighted by Crippen LogP contribution is -2.14. The van der Waals surface area contributed by atoms with Crippen LogP contribution >= 0.6 is 11.3 Å². The fourth-order valence-corrected chi connectivity index (χ4v) is 9.40. The number of aromatic nitrogens is 3. The molecule has 11 aromatic rings. The van der Waals surface area contributed by atoms with Gasteiger partial charge in [0.15, 0.2) is 0 Å². The highest BCUT2D eigenvalue weighted by atomic mass is 32.1. The van der Waals surface area contributed by atoms with Gasteiger partial charge >= 0.3 is 0 Å². The van der Waals surface area contributed by atoms with E-state index in [1.165, 1.54) is 47.5 Å². The minimum atomic E-state index is 0.474. The van der Waals surface area contributed by atoms with Gasteiger partial charge in [-0.25, -0.2) is 4.99 Å². The van der Waals surface area contributed by atoms with Crippen molar-refractivity contribution in [1.82, 2.24) is 14.1 Å². The van der Waals surface area contributed by atoms with Gasteiger partial charge in [0.2, 0.25) is 0 Å². The van der Waals surface area contributed by atoms with Crippen molar-refractivity contribution in [2.45, 2.75) is 6.42 Å². The highest BCUT2D eigenvalue weighted by Gasteiger charge is 2.18. The van der Waals surface area contributed by atoms with Gasteiger partial charge in [-0.2, -0.15) is 0 Å². The number of amidine groups is 1. The highest BCUT2D eigenvalue weighted by molar-refractivity contribution is 7.25. The van der Waals surface area contributed by atoms with Crippen LogP contribution in [0, 0.1) is 0 Å². The lowest BCUT2D eigenvalue weighted by Gasteiger charge is -2.12. The Kier molecular flexibility index (Phi) is 7.83. The molecule has 0 aliphatic carbocycles. The van der Waals surface area contributed by atoms with Gasteiger partial charge in [-0.05, 0) is 89.9 Å². The zero-order valence-electron chi connectivity index (χ0n) is 30.9. The van der Waals surface area contributed by atoms with E-state index in [0.29, 0.717) is 12.3 Å². The van der Waals surface area contributed by atoms with Crippen molar-refractivity contribution >= 4 is 86.9 Å². The molecule has 0 aliphatic rings. The number of rotatable bonds is 7. The van der Waals surface area contributed by atoms with E-state index in [1.54, 1.807) is 11.3 Å². The second-order valence-corrected chi connectivity index (χ2v) is 15.5. The van der Waals surface area contributed by atoms with Gasteiger partial charge in [0.25, 0.3) is 0 Å². The average molecular weight is 750 g/mol. The van der Waals surface area contributed by atoms with Crippen LogP contribution in [-0.2, 0) is 6.42 Å². The Hall–Kier alpha value is -7.28. The summed E-state index contributed by atoms with van der Waals surface area (Å²) in [6.07, 6.45) is 4.79. The van der Waals surface area contributed by atoms with E-state index >= 15 is 0 Å². The van der Waals surface area contributed by atoms with E-state index in [2.05, 4.69) is 149 Å². The molecule has 0 spiro atoms. The van der Waals surface area contributed by atoms with E-state index in [1.807, 2.05) is 48.7 Å². The maximum atomic E-state index is 6.76. The third kappa shape index (κ3) is 5.61. The van der Waals surface area contributed by atoms with Crippen LogP contribution in [-0.4, -0.2) is 20.0 Å². The molecule has 2 N–H and O–H groups in total. The number of hydrogen-bond donors (Lipinski definition) is 1. The summed E-state index contributed by atoms with van der Waals surface area (Å²) in [6, 6.07) is 62.4. The molecule has 4 aromatic heterocycles. The van der Waals surface area contributed by atoms with E-state index < -0.39 is 0 Å². The molecule has 57 heavy (non-hydrogen) atoms. The van der Waals surface area contributed by atoms with E-state index in [0.717, 1.165) is 50.1 Å². The number of pyridine rings is 1. The van der Waals surface area contributed by atoms with Crippen LogP contribution in [0.1, 0.15) is 11.1 Å². The molecule has 5 nitrogen and oxygen atoms in total. The number of allylic oxidation sites excluding steroid dienone is 1. The molecule has 6 heteroatoms. The lowest BCUT2D eigenvalue weighted by molar-refractivity contribution is 1.14.